The Kier molecular flexibility index (Phi) is 3.97. The van der Waals surface area contributed by atoms with Crippen LogP contribution in [0, 0.1) is 5.82 Å². The summed E-state index contributed by atoms with van der Waals surface area (Å²) in [4.78, 5) is 3.65. The van der Waals surface area contributed by atoms with E-state index in [1.165, 1.54) is 26.5 Å². The van der Waals surface area contributed by atoms with Crippen molar-refractivity contribution in [1.29, 1.82) is 0 Å². The largest absolute Gasteiger partial charge is 0.497 e. The van der Waals surface area contributed by atoms with Crippen molar-refractivity contribution in [3.63, 3.8) is 0 Å². The van der Waals surface area contributed by atoms with E-state index >= 15 is 0 Å². The van der Waals surface area contributed by atoms with Gasteiger partial charge in [0.1, 0.15) is 23.4 Å². The lowest BCUT2D eigenvalue weighted by atomic mass is 10.0. The van der Waals surface area contributed by atoms with Crippen LogP contribution >= 0.6 is 0 Å². The van der Waals surface area contributed by atoms with Crippen molar-refractivity contribution in [2.45, 2.75) is 6.10 Å². The number of hydrogen-bond acceptors (Lipinski definition) is 4. The summed E-state index contributed by atoms with van der Waals surface area (Å²) in [6.07, 6.45) is 1.37. The number of pyridine rings is 1. The molecule has 0 radical (unpaired) electrons. The zero-order valence-corrected chi connectivity index (χ0v) is 10.6. The summed E-state index contributed by atoms with van der Waals surface area (Å²) < 4.78 is 23.9. The van der Waals surface area contributed by atoms with Gasteiger partial charge in [0.2, 0.25) is 0 Å². The van der Waals surface area contributed by atoms with E-state index in [1.807, 2.05) is 0 Å². The summed E-state index contributed by atoms with van der Waals surface area (Å²) in [7, 11) is 3.02. The smallest absolute Gasteiger partial charge is 0.147 e. The predicted molar refractivity (Wildman–Crippen MR) is 67.8 cm³/mol. The predicted octanol–water partition coefficient (Wildman–Crippen LogP) is 2.32. The minimum Gasteiger partial charge on any atom is -0.497 e. The number of hydrogen-bond donors (Lipinski definition) is 1. The van der Waals surface area contributed by atoms with Crippen LogP contribution in [0.4, 0.5) is 4.39 Å². The van der Waals surface area contributed by atoms with Crippen LogP contribution in [0.2, 0.25) is 0 Å². The van der Waals surface area contributed by atoms with E-state index in [4.69, 9.17) is 9.47 Å². The minimum atomic E-state index is -1.12. The van der Waals surface area contributed by atoms with Gasteiger partial charge in [-0.1, -0.05) is 0 Å². The van der Waals surface area contributed by atoms with Crippen molar-refractivity contribution >= 4 is 0 Å². The first-order valence-electron chi connectivity index (χ1n) is 5.66. The lowest BCUT2D eigenvalue weighted by molar-refractivity contribution is 0.209. The molecule has 2 rings (SSSR count). The summed E-state index contributed by atoms with van der Waals surface area (Å²) in [6, 6.07) is 6.39. The van der Waals surface area contributed by atoms with E-state index in [0.717, 1.165) is 6.20 Å². The van der Waals surface area contributed by atoms with Crippen molar-refractivity contribution < 1.29 is 19.0 Å². The molecule has 1 unspecified atom stereocenters. The molecule has 2 aromatic rings. The van der Waals surface area contributed by atoms with Gasteiger partial charge in [-0.2, -0.15) is 0 Å². The number of halogens is 1. The van der Waals surface area contributed by atoms with Crippen LogP contribution in [0.15, 0.2) is 36.7 Å². The third-order valence-electron chi connectivity index (χ3n) is 2.83. The summed E-state index contributed by atoms with van der Waals surface area (Å²) in [6.45, 7) is 0. The summed E-state index contributed by atoms with van der Waals surface area (Å²) in [5.41, 5.74) is 0.617. The molecule has 5 heteroatoms. The van der Waals surface area contributed by atoms with Crippen molar-refractivity contribution in [2.75, 3.05) is 14.2 Å². The Labute approximate surface area is 110 Å². The second-order valence-electron chi connectivity index (χ2n) is 3.91. The van der Waals surface area contributed by atoms with Crippen molar-refractivity contribution in [1.82, 2.24) is 4.98 Å². The summed E-state index contributed by atoms with van der Waals surface area (Å²) in [5.74, 6) is 0.471. The average molecular weight is 263 g/mol. The number of ether oxygens (including phenoxy) is 2. The maximum absolute atomic E-state index is 13.6. The zero-order chi connectivity index (χ0) is 13.8. The van der Waals surface area contributed by atoms with E-state index in [0.29, 0.717) is 17.1 Å². The third-order valence-corrected chi connectivity index (χ3v) is 2.83. The lowest BCUT2D eigenvalue weighted by Crippen LogP contribution is -2.05. The standard InChI is InChI=1S/C14H14FNO3/c1-18-9-3-4-11(13(7-9)19-2)14(17)10-5-6-16-8-12(10)15/h3-8,14,17H,1-2H3. The SMILES string of the molecule is COc1ccc(C(O)c2ccncc2F)c(OC)c1. The number of rotatable bonds is 4. The topological polar surface area (TPSA) is 51.6 Å². The molecular formula is C14H14FNO3. The van der Waals surface area contributed by atoms with Gasteiger partial charge in [-0.15, -0.1) is 0 Å². The van der Waals surface area contributed by atoms with Crippen LogP contribution in [0.1, 0.15) is 17.2 Å². The molecule has 0 saturated carbocycles. The average Bonchev–Trinajstić information content (AvgIpc) is 2.46. The molecule has 0 amide bonds. The van der Waals surface area contributed by atoms with E-state index < -0.39 is 11.9 Å². The fourth-order valence-corrected chi connectivity index (χ4v) is 1.82. The maximum Gasteiger partial charge on any atom is 0.147 e. The van der Waals surface area contributed by atoms with Crippen LogP contribution in [-0.2, 0) is 0 Å². The van der Waals surface area contributed by atoms with Gasteiger partial charge in [-0.25, -0.2) is 4.39 Å². The molecule has 0 aliphatic rings. The van der Waals surface area contributed by atoms with Crippen LogP contribution < -0.4 is 9.47 Å². The number of methoxy groups -OCH3 is 2. The number of aliphatic hydroxyl groups is 1. The highest BCUT2D eigenvalue weighted by molar-refractivity contribution is 5.45. The molecule has 0 bridgehead atoms. The number of aromatic nitrogens is 1. The molecule has 19 heavy (non-hydrogen) atoms. The van der Waals surface area contributed by atoms with Crippen LogP contribution in [-0.4, -0.2) is 24.3 Å². The monoisotopic (exact) mass is 263 g/mol. The molecule has 0 saturated heterocycles. The molecule has 1 aromatic carbocycles. The highest BCUT2D eigenvalue weighted by Crippen LogP contribution is 2.33. The molecule has 1 atom stereocenters. The van der Waals surface area contributed by atoms with Gasteiger partial charge in [0.15, 0.2) is 0 Å². The van der Waals surface area contributed by atoms with E-state index in [-0.39, 0.29) is 5.56 Å². The van der Waals surface area contributed by atoms with Crippen LogP contribution in [0.3, 0.4) is 0 Å². The Morgan fingerprint density at radius 2 is 1.95 bits per heavy atom. The van der Waals surface area contributed by atoms with Gasteiger partial charge < -0.3 is 14.6 Å². The van der Waals surface area contributed by atoms with Gasteiger partial charge in [0.25, 0.3) is 0 Å². The fourth-order valence-electron chi connectivity index (χ4n) is 1.82. The van der Waals surface area contributed by atoms with E-state index in [1.54, 1.807) is 18.2 Å². The van der Waals surface area contributed by atoms with E-state index in [2.05, 4.69) is 4.98 Å². The second-order valence-corrected chi connectivity index (χ2v) is 3.91. The molecule has 100 valence electrons. The van der Waals surface area contributed by atoms with Crippen molar-refractivity contribution in [3.05, 3.63) is 53.6 Å². The molecule has 0 spiro atoms. The van der Waals surface area contributed by atoms with Crippen molar-refractivity contribution in [3.8, 4) is 11.5 Å². The quantitative estimate of drug-likeness (QED) is 0.919. The minimum absolute atomic E-state index is 0.151. The summed E-state index contributed by atoms with van der Waals surface area (Å²) >= 11 is 0. The molecule has 1 N–H and O–H groups in total. The van der Waals surface area contributed by atoms with Gasteiger partial charge in [-0.05, 0) is 18.2 Å². The van der Waals surface area contributed by atoms with Crippen molar-refractivity contribution in [2.24, 2.45) is 0 Å². The Morgan fingerprint density at radius 3 is 2.58 bits per heavy atom. The van der Waals surface area contributed by atoms with Crippen LogP contribution in [0.25, 0.3) is 0 Å². The first-order chi connectivity index (χ1) is 9.17. The Hall–Kier alpha value is -2.14. The molecule has 0 fully saturated rings. The number of benzene rings is 1. The second kappa shape index (κ2) is 5.67. The zero-order valence-electron chi connectivity index (χ0n) is 10.6. The summed E-state index contributed by atoms with van der Waals surface area (Å²) in [5, 5.41) is 10.3. The highest BCUT2D eigenvalue weighted by atomic mass is 19.1. The highest BCUT2D eigenvalue weighted by Gasteiger charge is 2.19. The molecule has 0 aliphatic heterocycles. The van der Waals surface area contributed by atoms with Gasteiger partial charge in [0, 0.05) is 23.4 Å². The Morgan fingerprint density at radius 1 is 1.16 bits per heavy atom. The number of aliphatic hydroxyl groups excluding tert-OH is 1. The van der Waals surface area contributed by atoms with Gasteiger partial charge in [0.05, 0.1) is 20.4 Å². The first-order valence-corrected chi connectivity index (χ1v) is 5.66. The Bertz CT molecular complexity index is 574. The molecule has 1 aromatic heterocycles. The molecule has 4 nitrogen and oxygen atoms in total. The molecule has 1 heterocycles. The number of nitrogens with zero attached hydrogens (tertiary/aromatic N) is 1. The maximum atomic E-state index is 13.6. The first kappa shape index (κ1) is 13.3. The fraction of sp³-hybridized carbons (Fsp3) is 0.214. The third kappa shape index (κ3) is 2.66. The Balaban J connectivity index is 2.44. The van der Waals surface area contributed by atoms with Crippen LogP contribution in [0.5, 0.6) is 11.5 Å². The lowest BCUT2D eigenvalue weighted by Gasteiger charge is -2.16. The molecule has 0 aliphatic carbocycles. The van der Waals surface area contributed by atoms with E-state index in [9.17, 15) is 9.50 Å². The molecular weight excluding hydrogens is 249 g/mol. The normalized spacial score (nSPS) is 12.0. The van der Waals surface area contributed by atoms with Gasteiger partial charge >= 0.3 is 0 Å². The van der Waals surface area contributed by atoms with Gasteiger partial charge in [-0.3, -0.25) is 4.98 Å².